The summed E-state index contributed by atoms with van der Waals surface area (Å²) in [4.78, 5) is 11.8. The summed E-state index contributed by atoms with van der Waals surface area (Å²) in [5.74, 6) is 0.0631. The molecule has 1 saturated heterocycles. The van der Waals surface area contributed by atoms with Crippen molar-refractivity contribution in [2.45, 2.75) is 18.9 Å². The van der Waals surface area contributed by atoms with Crippen molar-refractivity contribution in [3.05, 3.63) is 33.8 Å². The minimum atomic E-state index is -0.374. The van der Waals surface area contributed by atoms with Crippen LogP contribution in [0.5, 0.6) is 0 Å². The first-order valence-electron chi connectivity index (χ1n) is 6.65. The fourth-order valence-corrected chi connectivity index (χ4v) is 2.74. The minimum Gasteiger partial charge on any atom is -0.391 e. The summed E-state index contributed by atoms with van der Waals surface area (Å²) in [6, 6.07) is 5.28. The monoisotopic (exact) mass is 352 g/mol. The van der Waals surface area contributed by atoms with E-state index in [-0.39, 0.29) is 30.3 Å². The number of carbonyl (C=O) groups excluding carboxylic acids is 1. The maximum Gasteiger partial charge on any atom is 0.220 e. The molecule has 0 saturated carbocycles. The van der Waals surface area contributed by atoms with Gasteiger partial charge in [-0.3, -0.25) is 4.79 Å². The molecular weight excluding hydrogens is 335 g/mol. The van der Waals surface area contributed by atoms with Crippen LogP contribution in [0.25, 0.3) is 0 Å². The second-order valence-electron chi connectivity index (χ2n) is 5.03. The lowest BCUT2D eigenvalue weighted by atomic mass is 10.1. The molecule has 1 aliphatic rings. The van der Waals surface area contributed by atoms with Crippen molar-refractivity contribution in [2.75, 3.05) is 19.6 Å². The van der Waals surface area contributed by atoms with Crippen molar-refractivity contribution in [3.63, 3.8) is 0 Å². The van der Waals surface area contributed by atoms with Gasteiger partial charge in [-0.1, -0.05) is 29.3 Å². The summed E-state index contributed by atoms with van der Waals surface area (Å²) >= 11 is 11.9. The summed E-state index contributed by atoms with van der Waals surface area (Å²) in [5.41, 5.74) is 0.911. The van der Waals surface area contributed by atoms with Crippen LogP contribution in [0, 0.1) is 5.92 Å². The molecule has 118 valence electrons. The number of benzene rings is 1. The number of aliphatic hydroxyl groups is 1. The van der Waals surface area contributed by atoms with Gasteiger partial charge < -0.3 is 15.7 Å². The van der Waals surface area contributed by atoms with Crippen LogP contribution in [0.2, 0.25) is 10.0 Å². The Bertz CT molecular complexity index is 485. The molecule has 0 bridgehead atoms. The van der Waals surface area contributed by atoms with Crippen LogP contribution < -0.4 is 10.6 Å². The molecule has 0 radical (unpaired) electrons. The first kappa shape index (κ1) is 18.5. The van der Waals surface area contributed by atoms with Crippen LogP contribution in [-0.2, 0) is 11.2 Å². The van der Waals surface area contributed by atoms with Crippen molar-refractivity contribution >= 4 is 41.5 Å². The van der Waals surface area contributed by atoms with Crippen molar-refractivity contribution in [1.82, 2.24) is 10.6 Å². The van der Waals surface area contributed by atoms with Gasteiger partial charge in [-0.25, -0.2) is 0 Å². The Balaban J connectivity index is 0.00000220. The highest BCUT2D eigenvalue weighted by atomic mass is 35.5. The van der Waals surface area contributed by atoms with Crippen LogP contribution in [0.4, 0.5) is 0 Å². The van der Waals surface area contributed by atoms with Gasteiger partial charge in [0.05, 0.1) is 6.10 Å². The smallest absolute Gasteiger partial charge is 0.220 e. The van der Waals surface area contributed by atoms with E-state index in [0.717, 1.165) is 12.1 Å². The lowest BCUT2D eigenvalue weighted by Gasteiger charge is -2.14. The fourth-order valence-electron chi connectivity index (χ4n) is 2.23. The SMILES string of the molecule is Cl.O=C(CCc1ccc(Cl)cc1Cl)NCC1CNCC1O. The van der Waals surface area contributed by atoms with Crippen molar-refractivity contribution in [1.29, 1.82) is 0 Å². The largest absolute Gasteiger partial charge is 0.391 e. The van der Waals surface area contributed by atoms with Gasteiger partial charge in [0, 0.05) is 42.0 Å². The van der Waals surface area contributed by atoms with Crippen LogP contribution >= 0.6 is 35.6 Å². The molecule has 1 aromatic carbocycles. The third kappa shape index (κ3) is 5.64. The highest BCUT2D eigenvalue weighted by Gasteiger charge is 2.24. The topological polar surface area (TPSA) is 61.4 Å². The number of aliphatic hydroxyl groups excluding tert-OH is 1. The number of carbonyl (C=O) groups is 1. The number of aryl methyl sites for hydroxylation is 1. The molecule has 2 atom stereocenters. The molecule has 2 rings (SSSR count). The van der Waals surface area contributed by atoms with Crippen molar-refractivity contribution in [2.24, 2.45) is 5.92 Å². The molecular formula is C14H19Cl3N2O2. The molecule has 1 aliphatic heterocycles. The third-order valence-corrected chi connectivity index (χ3v) is 4.09. The number of nitrogens with one attached hydrogen (secondary N) is 2. The highest BCUT2D eigenvalue weighted by molar-refractivity contribution is 6.35. The van der Waals surface area contributed by atoms with E-state index in [2.05, 4.69) is 10.6 Å². The molecule has 21 heavy (non-hydrogen) atoms. The third-order valence-electron chi connectivity index (χ3n) is 3.50. The first-order chi connectivity index (χ1) is 9.56. The van der Waals surface area contributed by atoms with Crippen LogP contribution in [-0.4, -0.2) is 36.8 Å². The molecule has 1 heterocycles. The average molecular weight is 354 g/mol. The molecule has 7 heteroatoms. The van der Waals surface area contributed by atoms with Crippen molar-refractivity contribution < 1.29 is 9.90 Å². The van der Waals surface area contributed by atoms with E-state index < -0.39 is 0 Å². The van der Waals surface area contributed by atoms with E-state index >= 15 is 0 Å². The molecule has 0 aromatic heterocycles. The molecule has 2 unspecified atom stereocenters. The number of β-amino-alcohol motifs (C(OH)–C–C–N with tert-alkyl or cyclic N) is 1. The summed E-state index contributed by atoms with van der Waals surface area (Å²) in [7, 11) is 0. The van der Waals surface area contributed by atoms with E-state index in [1.165, 1.54) is 0 Å². The quantitative estimate of drug-likeness (QED) is 0.759. The van der Waals surface area contributed by atoms with Gasteiger partial charge in [0.2, 0.25) is 5.91 Å². The normalized spacial score (nSPS) is 20.9. The van der Waals surface area contributed by atoms with E-state index in [1.807, 2.05) is 6.07 Å². The van der Waals surface area contributed by atoms with Gasteiger partial charge in [-0.05, 0) is 24.1 Å². The maximum absolute atomic E-state index is 11.8. The Morgan fingerprint density at radius 2 is 2.14 bits per heavy atom. The molecule has 1 amide bonds. The number of rotatable bonds is 5. The molecule has 1 fully saturated rings. The zero-order valence-electron chi connectivity index (χ0n) is 11.4. The van der Waals surface area contributed by atoms with E-state index in [0.29, 0.717) is 36.0 Å². The van der Waals surface area contributed by atoms with Gasteiger partial charge >= 0.3 is 0 Å². The van der Waals surface area contributed by atoms with Crippen molar-refractivity contribution in [3.8, 4) is 0 Å². The van der Waals surface area contributed by atoms with E-state index in [1.54, 1.807) is 12.1 Å². The van der Waals surface area contributed by atoms with Gasteiger partial charge in [0.15, 0.2) is 0 Å². The zero-order valence-corrected chi connectivity index (χ0v) is 13.8. The predicted octanol–water partition coefficient (Wildman–Crippen LogP) is 2.04. The number of hydrogen-bond donors (Lipinski definition) is 3. The number of amides is 1. The van der Waals surface area contributed by atoms with Crippen LogP contribution in [0.1, 0.15) is 12.0 Å². The summed E-state index contributed by atoms with van der Waals surface area (Å²) in [6.07, 6.45) is 0.575. The molecule has 1 aromatic rings. The average Bonchev–Trinajstić information content (AvgIpc) is 2.81. The summed E-state index contributed by atoms with van der Waals surface area (Å²) in [5, 5.41) is 16.7. The Labute approximate surface area is 140 Å². The Hall–Kier alpha value is -0.520. The predicted molar refractivity (Wildman–Crippen MR) is 87.4 cm³/mol. The molecule has 3 N–H and O–H groups in total. The minimum absolute atomic E-state index is 0. The van der Waals surface area contributed by atoms with E-state index in [9.17, 15) is 9.90 Å². The van der Waals surface area contributed by atoms with Gasteiger partial charge in [-0.15, -0.1) is 12.4 Å². The second-order valence-corrected chi connectivity index (χ2v) is 5.87. The Morgan fingerprint density at radius 3 is 2.76 bits per heavy atom. The molecule has 0 aliphatic carbocycles. The molecule has 0 spiro atoms. The first-order valence-corrected chi connectivity index (χ1v) is 7.41. The van der Waals surface area contributed by atoms with Gasteiger partial charge in [-0.2, -0.15) is 0 Å². The van der Waals surface area contributed by atoms with Crippen LogP contribution in [0.3, 0.4) is 0 Å². The highest BCUT2D eigenvalue weighted by Crippen LogP contribution is 2.22. The molecule has 4 nitrogen and oxygen atoms in total. The second kappa shape index (κ2) is 8.81. The fraction of sp³-hybridized carbons (Fsp3) is 0.500. The number of hydrogen-bond acceptors (Lipinski definition) is 3. The Kier molecular flexibility index (Phi) is 7.77. The van der Waals surface area contributed by atoms with Gasteiger partial charge in [0.25, 0.3) is 0 Å². The maximum atomic E-state index is 11.8. The zero-order chi connectivity index (χ0) is 14.5. The number of halogens is 3. The Morgan fingerprint density at radius 1 is 1.38 bits per heavy atom. The summed E-state index contributed by atoms with van der Waals surface area (Å²) < 4.78 is 0. The standard InChI is InChI=1S/C14H18Cl2N2O2.ClH/c15-11-3-1-9(12(16)5-11)2-4-14(20)18-7-10-6-17-8-13(10)19;/h1,3,5,10,13,17,19H,2,4,6-8H2,(H,18,20);1H. The lowest BCUT2D eigenvalue weighted by molar-refractivity contribution is -0.121. The van der Waals surface area contributed by atoms with E-state index in [4.69, 9.17) is 23.2 Å². The summed E-state index contributed by atoms with van der Waals surface area (Å²) in [6.45, 7) is 1.84. The van der Waals surface area contributed by atoms with Gasteiger partial charge in [0.1, 0.15) is 0 Å². The lowest BCUT2D eigenvalue weighted by Crippen LogP contribution is -2.34. The van der Waals surface area contributed by atoms with Crippen LogP contribution in [0.15, 0.2) is 18.2 Å².